The summed E-state index contributed by atoms with van der Waals surface area (Å²) in [7, 11) is 0. The first-order chi connectivity index (χ1) is 10.3. The largest absolute Gasteiger partial charge is 0.444 e. The fourth-order valence-electron chi connectivity index (χ4n) is 3.54. The van der Waals surface area contributed by atoms with Gasteiger partial charge in [0.25, 0.3) is 0 Å². The maximum absolute atomic E-state index is 12.0. The molecule has 1 aliphatic carbocycles. The molecule has 4 nitrogen and oxygen atoms in total. The zero-order chi connectivity index (χ0) is 16.3. The van der Waals surface area contributed by atoms with E-state index >= 15 is 0 Å². The zero-order valence-electron chi connectivity index (χ0n) is 15.0. The van der Waals surface area contributed by atoms with E-state index in [4.69, 9.17) is 4.74 Å². The molecule has 0 aromatic carbocycles. The fraction of sp³-hybridized carbons (Fsp3) is 0.944. The van der Waals surface area contributed by atoms with Gasteiger partial charge in [-0.3, -0.25) is 0 Å². The summed E-state index contributed by atoms with van der Waals surface area (Å²) in [6.07, 6.45) is 6.46. The van der Waals surface area contributed by atoms with E-state index in [1.165, 1.54) is 32.1 Å². The molecule has 1 saturated heterocycles. The lowest BCUT2D eigenvalue weighted by atomic mass is 10.1. The Bertz CT molecular complexity index is 366. The van der Waals surface area contributed by atoms with Crippen LogP contribution < -0.4 is 5.32 Å². The molecular weight excluding hydrogens is 276 g/mol. The highest BCUT2D eigenvalue weighted by Crippen LogP contribution is 2.46. The van der Waals surface area contributed by atoms with Gasteiger partial charge in [0.2, 0.25) is 0 Å². The highest BCUT2D eigenvalue weighted by Gasteiger charge is 2.57. The lowest BCUT2D eigenvalue weighted by molar-refractivity contribution is 0.0268. The van der Waals surface area contributed by atoms with Crippen molar-refractivity contribution >= 4 is 6.09 Å². The second-order valence-electron chi connectivity index (χ2n) is 8.16. The number of unbranched alkanes of at least 4 members (excludes halogenated alkanes) is 3. The SMILES string of the molecule is CCCCCCC(C)NC1C2CN(C(=O)OC(C)(C)C)CC21. The van der Waals surface area contributed by atoms with Gasteiger partial charge in [-0.2, -0.15) is 0 Å². The molecule has 3 unspecified atom stereocenters. The van der Waals surface area contributed by atoms with Gasteiger partial charge in [0, 0.05) is 25.2 Å². The highest BCUT2D eigenvalue weighted by molar-refractivity contribution is 5.69. The van der Waals surface area contributed by atoms with Crippen LogP contribution in [0.5, 0.6) is 0 Å². The third-order valence-corrected chi connectivity index (χ3v) is 4.81. The Morgan fingerprint density at radius 1 is 1.23 bits per heavy atom. The highest BCUT2D eigenvalue weighted by atomic mass is 16.6. The maximum Gasteiger partial charge on any atom is 0.410 e. The average molecular weight is 310 g/mol. The number of piperidine rings is 1. The lowest BCUT2D eigenvalue weighted by Gasteiger charge is -2.26. The van der Waals surface area contributed by atoms with Gasteiger partial charge in [-0.05, 0) is 46.0 Å². The Morgan fingerprint density at radius 3 is 2.41 bits per heavy atom. The van der Waals surface area contributed by atoms with Gasteiger partial charge in [-0.25, -0.2) is 4.79 Å². The Hall–Kier alpha value is -0.770. The predicted octanol–water partition coefficient (Wildman–Crippen LogP) is 3.80. The molecule has 0 aromatic rings. The number of carbonyl (C=O) groups excluding carboxylic acids is 1. The number of carbonyl (C=O) groups is 1. The Morgan fingerprint density at radius 2 is 1.86 bits per heavy atom. The number of ether oxygens (including phenoxy) is 1. The Labute approximate surface area is 136 Å². The summed E-state index contributed by atoms with van der Waals surface area (Å²) in [5.41, 5.74) is -0.394. The van der Waals surface area contributed by atoms with Crippen LogP contribution in [0.1, 0.15) is 66.7 Å². The molecule has 4 heteroatoms. The molecule has 2 rings (SSSR count). The second kappa shape index (κ2) is 7.20. The first-order valence-electron chi connectivity index (χ1n) is 9.05. The van der Waals surface area contributed by atoms with Crippen LogP contribution in [0.15, 0.2) is 0 Å². The van der Waals surface area contributed by atoms with Crippen LogP contribution in [0.2, 0.25) is 0 Å². The van der Waals surface area contributed by atoms with E-state index in [-0.39, 0.29) is 6.09 Å². The van der Waals surface area contributed by atoms with Crippen LogP contribution in [-0.2, 0) is 4.74 Å². The number of nitrogens with zero attached hydrogens (tertiary/aromatic N) is 1. The van der Waals surface area contributed by atoms with Crippen LogP contribution in [-0.4, -0.2) is 41.8 Å². The van der Waals surface area contributed by atoms with Crippen molar-refractivity contribution in [1.82, 2.24) is 10.2 Å². The molecule has 1 N–H and O–H groups in total. The van der Waals surface area contributed by atoms with Gasteiger partial charge in [-0.1, -0.05) is 32.6 Å². The van der Waals surface area contributed by atoms with Crippen molar-refractivity contribution in [1.29, 1.82) is 0 Å². The molecule has 128 valence electrons. The van der Waals surface area contributed by atoms with Gasteiger partial charge in [0.15, 0.2) is 0 Å². The number of amides is 1. The second-order valence-corrected chi connectivity index (χ2v) is 8.16. The standard InChI is InChI=1S/C18H34N2O2/c1-6-7-8-9-10-13(2)19-16-14-11-20(12-15(14)16)17(21)22-18(3,4)5/h13-16,19H,6-12H2,1-5H3. The molecule has 0 aromatic heterocycles. The molecule has 1 heterocycles. The molecule has 2 fully saturated rings. The smallest absolute Gasteiger partial charge is 0.410 e. The molecule has 1 aliphatic heterocycles. The van der Waals surface area contributed by atoms with E-state index in [2.05, 4.69) is 19.2 Å². The van der Waals surface area contributed by atoms with E-state index in [0.717, 1.165) is 13.1 Å². The zero-order valence-corrected chi connectivity index (χ0v) is 15.0. The fourth-order valence-corrected chi connectivity index (χ4v) is 3.54. The van der Waals surface area contributed by atoms with Crippen molar-refractivity contribution in [2.75, 3.05) is 13.1 Å². The molecule has 2 aliphatic rings. The van der Waals surface area contributed by atoms with E-state index in [0.29, 0.717) is 23.9 Å². The summed E-state index contributed by atoms with van der Waals surface area (Å²) in [5, 5.41) is 3.76. The molecule has 0 spiro atoms. The number of hydrogen-bond acceptors (Lipinski definition) is 3. The first kappa shape index (κ1) is 17.6. The molecule has 0 bridgehead atoms. The molecule has 0 radical (unpaired) electrons. The monoisotopic (exact) mass is 310 g/mol. The topological polar surface area (TPSA) is 41.6 Å². The van der Waals surface area contributed by atoms with Crippen molar-refractivity contribution in [3.63, 3.8) is 0 Å². The number of nitrogens with one attached hydrogen (secondary N) is 1. The van der Waals surface area contributed by atoms with Crippen LogP contribution >= 0.6 is 0 Å². The van der Waals surface area contributed by atoms with Crippen LogP contribution in [0.25, 0.3) is 0 Å². The lowest BCUT2D eigenvalue weighted by Crippen LogP contribution is -2.40. The third-order valence-electron chi connectivity index (χ3n) is 4.81. The molecular formula is C18H34N2O2. The summed E-state index contributed by atoms with van der Waals surface area (Å²) < 4.78 is 5.45. The Balaban J connectivity index is 1.63. The van der Waals surface area contributed by atoms with Gasteiger partial charge in [0.1, 0.15) is 5.60 Å². The minimum Gasteiger partial charge on any atom is -0.444 e. The summed E-state index contributed by atoms with van der Waals surface area (Å²) in [5.74, 6) is 1.29. The van der Waals surface area contributed by atoms with Crippen LogP contribution in [0.3, 0.4) is 0 Å². The van der Waals surface area contributed by atoms with Crippen molar-refractivity contribution in [2.24, 2.45) is 11.8 Å². The van der Waals surface area contributed by atoms with E-state index in [1.807, 2.05) is 25.7 Å². The van der Waals surface area contributed by atoms with Crippen molar-refractivity contribution in [2.45, 2.75) is 84.4 Å². The minimum absolute atomic E-state index is 0.147. The average Bonchev–Trinajstić information content (AvgIpc) is 2.85. The summed E-state index contributed by atoms with van der Waals surface area (Å²) in [6.45, 7) is 12.0. The molecule has 3 atom stereocenters. The van der Waals surface area contributed by atoms with Crippen molar-refractivity contribution in [3.05, 3.63) is 0 Å². The number of rotatable bonds is 7. The van der Waals surface area contributed by atoms with Crippen molar-refractivity contribution in [3.8, 4) is 0 Å². The van der Waals surface area contributed by atoms with E-state index in [1.54, 1.807) is 0 Å². The van der Waals surface area contributed by atoms with E-state index in [9.17, 15) is 4.79 Å². The third kappa shape index (κ3) is 4.87. The van der Waals surface area contributed by atoms with Gasteiger partial charge >= 0.3 is 6.09 Å². The Kier molecular flexibility index (Phi) is 5.76. The summed E-state index contributed by atoms with van der Waals surface area (Å²) >= 11 is 0. The van der Waals surface area contributed by atoms with Crippen LogP contribution in [0.4, 0.5) is 4.79 Å². The number of likely N-dealkylation sites (tertiary alicyclic amines) is 1. The van der Waals surface area contributed by atoms with Crippen LogP contribution in [0, 0.1) is 11.8 Å². The quantitative estimate of drug-likeness (QED) is 0.727. The molecule has 1 amide bonds. The van der Waals surface area contributed by atoms with Gasteiger partial charge in [-0.15, -0.1) is 0 Å². The van der Waals surface area contributed by atoms with E-state index < -0.39 is 5.60 Å². The molecule has 22 heavy (non-hydrogen) atoms. The van der Waals surface area contributed by atoms with Crippen molar-refractivity contribution < 1.29 is 9.53 Å². The predicted molar refractivity (Wildman–Crippen MR) is 89.9 cm³/mol. The summed E-state index contributed by atoms with van der Waals surface area (Å²) in [4.78, 5) is 13.9. The summed E-state index contributed by atoms with van der Waals surface area (Å²) in [6, 6.07) is 1.22. The molecule has 1 saturated carbocycles. The number of fused-ring (bicyclic) bond motifs is 1. The minimum atomic E-state index is -0.394. The number of hydrogen-bond donors (Lipinski definition) is 1. The normalized spacial score (nSPS) is 28.4. The first-order valence-corrected chi connectivity index (χ1v) is 9.05. The van der Waals surface area contributed by atoms with Gasteiger partial charge < -0.3 is 15.0 Å². The van der Waals surface area contributed by atoms with Gasteiger partial charge in [0.05, 0.1) is 0 Å². The maximum atomic E-state index is 12.0.